The zero-order valence-electron chi connectivity index (χ0n) is 8.99. The van der Waals surface area contributed by atoms with E-state index in [2.05, 4.69) is 0 Å². The molecule has 1 rings (SSSR count). The van der Waals surface area contributed by atoms with E-state index in [0.29, 0.717) is 5.56 Å². The van der Waals surface area contributed by atoms with Crippen molar-refractivity contribution in [1.29, 1.82) is 5.26 Å². The Morgan fingerprint density at radius 1 is 1.53 bits per heavy atom. The Morgan fingerprint density at radius 3 is 2.59 bits per heavy atom. The minimum absolute atomic E-state index is 0.00241. The molecular weight excluding hydrogens is 226 g/mol. The maximum atomic E-state index is 10.7. The number of hydrogen-bond acceptors (Lipinski definition) is 6. The van der Waals surface area contributed by atoms with Gasteiger partial charge in [-0.05, 0) is 18.1 Å². The molecule has 17 heavy (non-hydrogen) atoms. The normalized spacial score (nSPS) is 13.8. The molecule has 0 saturated heterocycles. The number of hydrogen-bond donors (Lipinski definition) is 3. The van der Waals surface area contributed by atoms with E-state index < -0.39 is 17.1 Å². The summed E-state index contributed by atoms with van der Waals surface area (Å²) in [6, 6.07) is 3.90. The van der Waals surface area contributed by atoms with E-state index in [0.717, 1.165) is 6.07 Å². The molecule has 0 amide bonds. The van der Waals surface area contributed by atoms with Crippen molar-refractivity contribution in [3.63, 3.8) is 0 Å². The molecule has 0 bridgehead atoms. The van der Waals surface area contributed by atoms with Crippen LogP contribution >= 0.6 is 0 Å². The van der Waals surface area contributed by atoms with Crippen molar-refractivity contribution in [3.8, 4) is 6.07 Å². The van der Waals surface area contributed by atoms with Crippen LogP contribution in [0.3, 0.4) is 0 Å². The SMILES string of the molecule is Cc1cc(C(O)C(O)C#N)cc([N+](=O)[O-])c1N. The molecule has 0 spiro atoms. The predicted octanol–water partition coefficient (Wildman–Crippen LogP) is 0.403. The van der Waals surface area contributed by atoms with Gasteiger partial charge in [-0.2, -0.15) is 5.26 Å². The smallest absolute Gasteiger partial charge is 0.292 e. The van der Waals surface area contributed by atoms with Crippen molar-refractivity contribution in [2.75, 3.05) is 5.73 Å². The molecule has 0 saturated carbocycles. The maximum absolute atomic E-state index is 10.7. The van der Waals surface area contributed by atoms with Gasteiger partial charge in [-0.3, -0.25) is 10.1 Å². The quantitative estimate of drug-likeness (QED) is 0.301. The third-order valence-electron chi connectivity index (χ3n) is 2.36. The highest BCUT2D eigenvalue weighted by molar-refractivity contribution is 5.64. The first-order valence-electron chi connectivity index (χ1n) is 4.68. The average Bonchev–Trinajstić information content (AvgIpc) is 2.30. The number of aliphatic hydroxyl groups excluding tert-OH is 2. The van der Waals surface area contributed by atoms with Gasteiger partial charge >= 0.3 is 0 Å². The summed E-state index contributed by atoms with van der Waals surface area (Å²) in [7, 11) is 0. The van der Waals surface area contributed by atoms with Crippen LogP contribution in [0, 0.1) is 28.4 Å². The van der Waals surface area contributed by atoms with Gasteiger partial charge in [0.25, 0.3) is 5.69 Å². The lowest BCUT2D eigenvalue weighted by Gasteiger charge is -2.13. The second-order valence-electron chi connectivity index (χ2n) is 3.55. The second-order valence-corrected chi connectivity index (χ2v) is 3.55. The number of anilines is 1. The van der Waals surface area contributed by atoms with E-state index in [1.807, 2.05) is 0 Å². The summed E-state index contributed by atoms with van der Waals surface area (Å²) in [6.45, 7) is 1.54. The standard InChI is InChI=1S/C10H11N3O4/c1-5-2-6(10(15)8(14)4-11)3-7(9(5)12)13(16)17/h2-3,8,10,14-15H,12H2,1H3. The minimum atomic E-state index is -1.64. The highest BCUT2D eigenvalue weighted by Crippen LogP contribution is 2.30. The number of benzene rings is 1. The molecule has 90 valence electrons. The number of rotatable bonds is 3. The van der Waals surface area contributed by atoms with E-state index in [9.17, 15) is 15.2 Å². The van der Waals surface area contributed by atoms with Crippen LogP contribution in [0.25, 0.3) is 0 Å². The largest absolute Gasteiger partial charge is 0.393 e. The second kappa shape index (κ2) is 4.78. The molecule has 0 fully saturated rings. The zero-order chi connectivity index (χ0) is 13.2. The Kier molecular flexibility index (Phi) is 3.62. The first kappa shape index (κ1) is 12.9. The molecule has 0 heterocycles. The van der Waals surface area contributed by atoms with Crippen molar-refractivity contribution in [2.45, 2.75) is 19.1 Å². The van der Waals surface area contributed by atoms with Crippen LogP contribution in [0.4, 0.5) is 11.4 Å². The Labute approximate surface area is 96.9 Å². The molecule has 0 radical (unpaired) electrons. The maximum Gasteiger partial charge on any atom is 0.292 e. The lowest BCUT2D eigenvalue weighted by molar-refractivity contribution is -0.384. The topological polar surface area (TPSA) is 133 Å². The van der Waals surface area contributed by atoms with E-state index >= 15 is 0 Å². The van der Waals surface area contributed by atoms with E-state index in [-0.39, 0.29) is 16.9 Å². The summed E-state index contributed by atoms with van der Waals surface area (Å²) in [5.41, 5.74) is 5.63. The van der Waals surface area contributed by atoms with Crippen LogP contribution in [-0.2, 0) is 0 Å². The Morgan fingerprint density at radius 2 is 2.12 bits per heavy atom. The van der Waals surface area contributed by atoms with E-state index in [1.54, 1.807) is 0 Å². The van der Waals surface area contributed by atoms with Gasteiger partial charge < -0.3 is 15.9 Å². The van der Waals surface area contributed by atoms with E-state index in [4.69, 9.17) is 16.1 Å². The number of nitrogen functional groups attached to an aromatic ring is 1. The van der Waals surface area contributed by atoms with Crippen LogP contribution in [0.15, 0.2) is 12.1 Å². The van der Waals surface area contributed by atoms with Crippen LogP contribution in [-0.4, -0.2) is 21.2 Å². The number of aryl methyl sites for hydroxylation is 1. The Balaban J connectivity index is 3.29. The lowest BCUT2D eigenvalue weighted by atomic mass is 10.0. The molecule has 1 aromatic rings. The van der Waals surface area contributed by atoms with Crippen LogP contribution < -0.4 is 5.73 Å². The van der Waals surface area contributed by atoms with Crippen molar-refractivity contribution >= 4 is 11.4 Å². The van der Waals surface area contributed by atoms with Gasteiger partial charge in [-0.25, -0.2) is 0 Å². The molecule has 2 atom stereocenters. The number of nitrogens with zero attached hydrogens (tertiary/aromatic N) is 2. The van der Waals surface area contributed by atoms with Gasteiger partial charge in [0.2, 0.25) is 0 Å². The van der Waals surface area contributed by atoms with Gasteiger partial charge in [-0.15, -0.1) is 0 Å². The lowest BCUT2D eigenvalue weighted by Crippen LogP contribution is -2.16. The third-order valence-corrected chi connectivity index (χ3v) is 2.36. The summed E-state index contributed by atoms with van der Waals surface area (Å²) in [5.74, 6) is 0. The zero-order valence-corrected chi connectivity index (χ0v) is 8.99. The fraction of sp³-hybridized carbons (Fsp3) is 0.300. The summed E-state index contributed by atoms with van der Waals surface area (Å²) < 4.78 is 0. The van der Waals surface area contributed by atoms with Crippen molar-refractivity contribution in [3.05, 3.63) is 33.4 Å². The molecule has 7 nitrogen and oxygen atoms in total. The van der Waals surface area contributed by atoms with Crippen LogP contribution in [0.5, 0.6) is 0 Å². The highest BCUT2D eigenvalue weighted by Gasteiger charge is 2.23. The monoisotopic (exact) mass is 237 g/mol. The summed E-state index contributed by atoms with van der Waals surface area (Å²) in [5, 5.41) is 37.9. The minimum Gasteiger partial charge on any atom is -0.393 e. The van der Waals surface area contributed by atoms with Gasteiger partial charge in [0.1, 0.15) is 11.8 Å². The fourth-order valence-electron chi connectivity index (χ4n) is 1.38. The molecule has 2 unspecified atom stereocenters. The first-order valence-corrected chi connectivity index (χ1v) is 4.68. The molecule has 7 heteroatoms. The summed E-state index contributed by atoms with van der Waals surface area (Å²) in [6.07, 6.45) is -3.14. The van der Waals surface area contributed by atoms with Crippen molar-refractivity contribution in [2.24, 2.45) is 0 Å². The van der Waals surface area contributed by atoms with Crippen molar-refractivity contribution in [1.82, 2.24) is 0 Å². The first-order chi connectivity index (χ1) is 7.88. The fourth-order valence-corrected chi connectivity index (χ4v) is 1.38. The molecule has 0 aromatic heterocycles. The van der Waals surface area contributed by atoms with Crippen LogP contribution in [0.1, 0.15) is 17.2 Å². The summed E-state index contributed by atoms with van der Waals surface area (Å²) in [4.78, 5) is 10.0. The molecule has 0 aliphatic rings. The number of aliphatic hydroxyl groups is 2. The number of nitro groups is 1. The Bertz CT molecular complexity index is 495. The molecular formula is C10H11N3O4. The summed E-state index contributed by atoms with van der Waals surface area (Å²) >= 11 is 0. The molecule has 1 aromatic carbocycles. The van der Waals surface area contributed by atoms with Gasteiger partial charge in [0, 0.05) is 6.07 Å². The highest BCUT2D eigenvalue weighted by atomic mass is 16.6. The average molecular weight is 237 g/mol. The number of nitro benzene ring substituents is 1. The number of nitrogens with two attached hydrogens (primary N) is 1. The predicted molar refractivity (Wildman–Crippen MR) is 58.8 cm³/mol. The molecule has 0 aliphatic carbocycles. The van der Waals surface area contributed by atoms with Crippen molar-refractivity contribution < 1.29 is 15.1 Å². The molecule has 4 N–H and O–H groups in total. The van der Waals surface area contributed by atoms with Gasteiger partial charge in [0.05, 0.1) is 11.0 Å². The third kappa shape index (κ3) is 2.50. The van der Waals surface area contributed by atoms with E-state index in [1.165, 1.54) is 19.1 Å². The van der Waals surface area contributed by atoms with Gasteiger partial charge in [0.15, 0.2) is 6.10 Å². The number of nitriles is 1. The van der Waals surface area contributed by atoms with Gasteiger partial charge in [-0.1, -0.05) is 6.07 Å². The Hall–Kier alpha value is -2.17. The molecule has 0 aliphatic heterocycles. The van der Waals surface area contributed by atoms with Crippen LogP contribution in [0.2, 0.25) is 0 Å².